The third-order valence-corrected chi connectivity index (χ3v) is 1.21. The molecule has 0 unspecified atom stereocenters. The van der Waals surface area contributed by atoms with Crippen molar-refractivity contribution in [2.45, 2.75) is 13.8 Å². The molecule has 0 aromatic heterocycles. The van der Waals surface area contributed by atoms with Gasteiger partial charge < -0.3 is 0 Å². The van der Waals surface area contributed by atoms with Gasteiger partial charge >= 0.3 is 11.9 Å². The molecule has 1 aliphatic heterocycles. The minimum Gasteiger partial charge on any atom is -0.246 e. The van der Waals surface area contributed by atoms with Gasteiger partial charge in [-0.2, -0.15) is 0 Å². The van der Waals surface area contributed by atoms with Gasteiger partial charge in [0.2, 0.25) is 0 Å². The number of rotatable bonds is 0. The average Bonchev–Trinajstić information content (AvgIpc) is 1.96. The number of hydrogen-bond donors (Lipinski definition) is 0. The van der Waals surface area contributed by atoms with Gasteiger partial charge in [0, 0.05) is 0 Å². The maximum absolute atomic E-state index is 10.5. The van der Waals surface area contributed by atoms with Crippen LogP contribution in [-0.2, 0) is 19.4 Å². The van der Waals surface area contributed by atoms with E-state index < -0.39 is 17.4 Å². The molecule has 9 heavy (non-hydrogen) atoms. The summed E-state index contributed by atoms with van der Waals surface area (Å²) in [5.74, 6) is -1.26. The first kappa shape index (κ1) is 6.07. The molecule has 1 fully saturated rings. The van der Waals surface area contributed by atoms with Crippen LogP contribution in [0.1, 0.15) is 13.8 Å². The maximum atomic E-state index is 10.5. The molecule has 1 rings (SSSR count). The zero-order valence-electron chi connectivity index (χ0n) is 5.13. The Bertz CT molecular complexity index is 152. The van der Waals surface area contributed by atoms with E-state index in [4.69, 9.17) is 0 Å². The lowest BCUT2D eigenvalue weighted by molar-refractivity contribution is -0.235. The van der Waals surface area contributed by atoms with Crippen LogP contribution in [0.2, 0.25) is 0 Å². The fraction of sp³-hybridized carbons (Fsp3) is 0.600. The number of hydrogen-bond acceptors (Lipinski definition) is 4. The number of carbonyl (C=O) groups excluding carboxylic acids is 2. The van der Waals surface area contributed by atoms with Crippen LogP contribution >= 0.6 is 0 Å². The van der Waals surface area contributed by atoms with Gasteiger partial charge in [0.25, 0.3) is 0 Å². The van der Waals surface area contributed by atoms with Gasteiger partial charge in [0.15, 0.2) is 5.41 Å². The summed E-state index contributed by atoms with van der Waals surface area (Å²) in [7, 11) is 0. The van der Waals surface area contributed by atoms with Crippen molar-refractivity contribution in [3.8, 4) is 0 Å². The molecule has 0 N–H and O–H groups in total. The molecule has 50 valence electrons. The average molecular weight is 130 g/mol. The third kappa shape index (κ3) is 0.667. The summed E-state index contributed by atoms with van der Waals surface area (Å²) < 4.78 is 0. The first-order valence-corrected chi connectivity index (χ1v) is 2.48. The van der Waals surface area contributed by atoms with Crippen molar-refractivity contribution in [3.05, 3.63) is 0 Å². The second-order valence-corrected chi connectivity index (χ2v) is 2.37. The molecule has 1 aliphatic rings. The van der Waals surface area contributed by atoms with Crippen LogP contribution in [0.4, 0.5) is 0 Å². The van der Waals surface area contributed by atoms with Crippen LogP contribution in [0.15, 0.2) is 0 Å². The van der Waals surface area contributed by atoms with Crippen LogP contribution in [0.25, 0.3) is 0 Å². The molecule has 1 saturated heterocycles. The fourth-order valence-electron chi connectivity index (χ4n) is 0.367. The highest BCUT2D eigenvalue weighted by Gasteiger charge is 2.47. The van der Waals surface area contributed by atoms with Crippen molar-refractivity contribution in [1.29, 1.82) is 0 Å². The Labute approximate surface area is 51.7 Å². The van der Waals surface area contributed by atoms with Crippen LogP contribution in [-0.4, -0.2) is 11.9 Å². The first-order chi connectivity index (χ1) is 4.05. The van der Waals surface area contributed by atoms with Crippen LogP contribution < -0.4 is 0 Å². The molecule has 1 heterocycles. The van der Waals surface area contributed by atoms with Crippen molar-refractivity contribution < 1.29 is 19.4 Å². The Morgan fingerprint density at radius 2 is 1.44 bits per heavy atom. The molecule has 0 aromatic rings. The lowest BCUT2D eigenvalue weighted by Crippen LogP contribution is -2.25. The second-order valence-electron chi connectivity index (χ2n) is 2.37. The lowest BCUT2D eigenvalue weighted by Gasteiger charge is -2.00. The maximum Gasteiger partial charge on any atom is 0.372 e. The molecule has 0 atom stereocenters. The molecule has 4 nitrogen and oxygen atoms in total. The van der Waals surface area contributed by atoms with E-state index in [0.717, 1.165) is 0 Å². The normalized spacial score (nSPS) is 23.3. The Hall–Kier alpha value is -1.06. The summed E-state index contributed by atoms with van der Waals surface area (Å²) in [5, 5.41) is 0. The molecule has 0 aliphatic carbocycles. The van der Waals surface area contributed by atoms with Gasteiger partial charge in [-0.3, -0.25) is 0 Å². The van der Waals surface area contributed by atoms with Crippen LogP contribution in [0.5, 0.6) is 0 Å². The number of carbonyl (C=O) groups is 2. The third-order valence-electron chi connectivity index (χ3n) is 1.21. The quantitative estimate of drug-likeness (QED) is 0.343. The highest BCUT2D eigenvalue weighted by Crippen LogP contribution is 2.25. The van der Waals surface area contributed by atoms with Crippen molar-refractivity contribution in [3.63, 3.8) is 0 Å². The largest absolute Gasteiger partial charge is 0.372 e. The Morgan fingerprint density at radius 1 is 1.11 bits per heavy atom. The highest BCUT2D eigenvalue weighted by atomic mass is 17.2. The first-order valence-electron chi connectivity index (χ1n) is 2.48. The lowest BCUT2D eigenvalue weighted by atomic mass is 9.95. The SMILES string of the molecule is CC1(C)C(=O)OOC1=O. The van der Waals surface area contributed by atoms with E-state index >= 15 is 0 Å². The van der Waals surface area contributed by atoms with E-state index in [-0.39, 0.29) is 0 Å². The fourth-order valence-corrected chi connectivity index (χ4v) is 0.367. The van der Waals surface area contributed by atoms with Gasteiger partial charge in [-0.1, -0.05) is 0 Å². The standard InChI is InChI=1S/C5H6O4/c1-5(2)3(6)8-9-4(5)7/h1-2H3. The van der Waals surface area contributed by atoms with Gasteiger partial charge in [-0.15, -0.1) is 0 Å². The minimum absolute atomic E-state index is 0.632. The molecular weight excluding hydrogens is 124 g/mol. The van der Waals surface area contributed by atoms with Crippen molar-refractivity contribution in [2.24, 2.45) is 5.41 Å². The van der Waals surface area contributed by atoms with E-state index in [9.17, 15) is 9.59 Å². The second kappa shape index (κ2) is 1.46. The van der Waals surface area contributed by atoms with Gasteiger partial charge in [0.1, 0.15) is 0 Å². The van der Waals surface area contributed by atoms with E-state index in [1.165, 1.54) is 13.8 Å². The summed E-state index contributed by atoms with van der Waals surface area (Å²) >= 11 is 0. The smallest absolute Gasteiger partial charge is 0.246 e. The summed E-state index contributed by atoms with van der Waals surface area (Å²) in [5.41, 5.74) is -1.11. The summed E-state index contributed by atoms with van der Waals surface area (Å²) in [6.07, 6.45) is 0. The molecule has 0 saturated carbocycles. The van der Waals surface area contributed by atoms with Gasteiger partial charge in [-0.05, 0) is 13.8 Å². The van der Waals surface area contributed by atoms with E-state index in [0.29, 0.717) is 0 Å². The molecule has 0 bridgehead atoms. The predicted molar refractivity (Wildman–Crippen MR) is 26.0 cm³/mol. The molecule has 0 amide bonds. The van der Waals surface area contributed by atoms with Gasteiger partial charge in [-0.25, -0.2) is 19.4 Å². The van der Waals surface area contributed by atoms with E-state index in [1.807, 2.05) is 0 Å². The molecule has 0 radical (unpaired) electrons. The zero-order chi connectivity index (χ0) is 7.07. The highest BCUT2D eigenvalue weighted by molar-refractivity contribution is 6.01. The van der Waals surface area contributed by atoms with E-state index in [1.54, 1.807) is 0 Å². The minimum atomic E-state index is -1.11. The Kier molecular flexibility index (Phi) is 0.986. The van der Waals surface area contributed by atoms with Crippen LogP contribution in [0, 0.1) is 5.41 Å². The van der Waals surface area contributed by atoms with E-state index in [2.05, 4.69) is 9.78 Å². The Morgan fingerprint density at radius 3 is 1.56 bits per heavy atom. The molecule has 0 aromatic carbocycles. The topological polar surface area (TPSA) is 52.6 Å². The summed E-state index contributed by atoms with van der Waals surface area (Å²) in [6, 6.07) is 0. The predicted octanol–water partition coefficient (Wildman–Crippen LogP) is 0.0276. The zero-order valence-corrected chi connectivity index (χ0v) is 5.13. The molecule has 0 spiro atoms. The Balaban J connectivity index is 2.91. The van der Waals surface area contributed by atoms with Gasteiger partial charge in [0.05, 0.1) is 0 Å². The molecular formula is C5H6O4. The monoisotopic (exact) mass is 130 g/mol. The van der Waals surface area contributed by atoms with Crippen molar-refractivity contribution in [2.75, 3.05) is 0 Å². The molecule has 4 heteroatoms. The van der Waals surface area contributed by atoms with Crippen molar-refractivity contribution >= 4 is 11.9 Å². The van der Waals surface area contributed by atoms with Crippen molar-refractivity contribution in [1.82, 2.24) is 0 Å². The van der Waals surface area contributed by atoms with Crippen LogP contribution in [0.3, 0.4) is 0 Å². The summed E-state index contributed by atoms with van der Waals surface area (Å²) in [4.78, 5) is 29.1. The summed E-state index contributed by atoms with van der Waals surface area (Å²) in [6.45, 7) is 2.90.